The molecule has 5 heteroatoms. The van der Waals surface area contributed by atoms with Gasteiger partial charge in [0.1, 0.15) is 0 Å². The first-order valence-electron chi connectivity index (χ1n) is 7.44. The van der Waals surface area contributed by atoms with Crippen LogP contribution in [0.15, 0.2) is 29.2 Å². The van der Waals surface area contributed by atoms with Crippen molar-refractivity contribution < 1.29 is 9.90 Å². The highest BCUT2D eigenvalue weighted by Crippen LogP contribution is 2.25. The number of benzene rings is 1. The van der Waals surface area contributed by atoms with E-state index in [2.05, 4.69) is 5.32 Å². The van der Waals surface area contributed by atoms with Crippen LogP contribution < -0.4 is 5.32 Å². The number of nitrogens with one attached hydrogen (secondary N) is 1. The van der Waals surface area contributed by atoms with Crippen LogP contribution in [0.2, 0.25) is 0 Å². The van der Waals surface area contributed by atoms with Gasteiger partial charge in [-0.1, -0.05) is 12.8 Å². The number of anilines is 1. The van der Waals surface area contributed by atoms with Gasteiger partial charge in [-0.3, -0.25) is 0 Å². The second kappa shape index (κ2) is 7.71. The smallest absolute Gasteiger partial charge is 0.321 e. The maximum absolute atomic E-state index is 12.2. The number of rotatable bonds is 4. The molecule has 0 aromatic heterocycles. The van der Waals surface area contributed by atoms with E-state index >= 15 is 0 Å². The Balaban J connectivity index is 1.86. The van der Waals surface area contributed by atoms with Gasteiger partial charge in [-0.2, -0.15) is 0 Å². The Hall–Kier alpha value is -1.20. The molecule has 1 aliphatic carbocycles. The minimum absolute atomic E-state index is 0.121. The maximum atomic E-state index is 12.2. The summed E-state index contributed by atoms with van der Waals surface area (Å²) in [6.45, 7) is 0.607. The van der Waals surface area contributed by atoms with E-state index in [-0.39, 0.29) is 18.1 Å². The fourth-order valence-electron chi connectivity index (χ4n) is 2.73. The molecule has 0 heterocycles. The number of amides is 2. The molecule has 2 N–H and O–H groups in total. The molecule has 0 spiro atoms. The molecule has 0 aliphatic heterocycles. The minimum Gasteiger partial charge on any atom is -0.393 e. The molecule has 116 valence electrons. The summed E-state index contributed by atoms with van der Waals surface area (Å²) in [7, 11) is 1.78. The predicted octanol–water partition coefficient (Wildman–Crippen LogP) is 3.42. The molecule has 1 aromatic rings. The van der Waals surface area contributed by atoms with Crippen LogP contribution in [0.25, 0.3) is 0 Å². The van der Waals surface area contributed by atoms with Crippen molar-refractivity contribution in [2.45, 2.75) is 36.7 Å². The molecule has 1 saturated carbocycles. The number of nitrogens with zero attached hydrogens (tertiary/aromatic N) is 1. The second-order valence-electron chi connectivity index (χ2n) is 5.65. The molecule has 1 fully saturated rings. The third-order valence-electron chi connectivity index (χ3n) is 4.07. The van der Waals surface area contributed by atoms with Gasteiger partial charge in [0.25, 0.3) is 0 Å². The van der Waals surface area contributed by atoms with Crippen LogP contribution in [-0.2, 0) is 0 Å². The quantitative estimate of drug-likeness (QED) is 0.838. The summed E-state index contributed by atoms with van der Waals surface area (Å²) in [5.41, 5.74) is 0.800. The average Bonchev–Trinajstić information content (AvgIpc) is 2.50. The van der Waals surface area contributed by atoms with Crippen molar-refractivity contribution in [3.63, 3.8) is 0 Å². The molecule has 4 nitrogen and oxygen atoms in total. The predicted molar refractivity (Wildman–Crippen MR) is 87.8 cm³/mol. The summed E-state index contributed by atoms with van der Waals surface area (Å²) in [5, 5.41) is 12.9. The Morgan fingerprint density at radius 3 is 2.62 bits per heavy atom. The number of aliphatic hydroxyl groups excluding tert-OH is 1. The van der Waals surface area contributed by atoms with Crippen LogP contribution in [0.5, 0.6) is 0 Å². The Bertz CT molecular complexity index is 464. The molecule has 1 aromatic carbocycles. The van der Waals surface area contributed by atoms with Gasteiger partial charge in [-0.05, 0) is 43.4 Å². The van der Waals surface area contributed by atoms with Crippen LogP contribution in [0, 0.1) is 5.92 Å². The highest BCUT2D eigenvalue weighted by Gasteiger charge is 2.25. The number of thioether (sulfide) groups is 1. The van der Waals surface area contributed by atoms with E-state index in [9.17, 15) is 9.90 Å². The van der Waals surface area contributed by atoms with Crippen molar-refractivity contribution in [2.75, 3.05) is 25.2 Å². The van der Waals surface area contributed by atoms with Crippen LogP contribution >= 0.6 is 11.8 Å². The van der Waals surface area contributed by atoms with Crippen molar-refractivity contribution in [3.05, 3.63) is 24.3 Å². The molecule has 0 radical (unpaired) electrons. The van der Waals surface area contributed by atoms with Gasteiger partial charge in [0.05, 0.1) is 6.10 Å². The largest absolute Gasteiger partial charge is 0.393 e. The molecule has 0 saturated heterocycles. The molecule has 2 atom stereocenters. The van der Waals surface area contributed by atoms with Crippen molar-refractivity contribution in [1.82, 2.24) is 4.90 Å². The van der Waals surface area contributed by atoms with Crippen molar-refractivity contribution >= 4 is 23.5 Å². The third kappa shape index (κ3) is 4.64. The zero-order valence-corrected chi connectivity index (χ0v) is 13.5. The number of hydrogen-bond donors (Lipinski definition) is 2. The highest BCUT2D eigenvalue weighted by molar-refractivity contribution is 7.98. The van der Waals surface area contributed by atoms with E-state index < -0.39 is 0 Å². The van der Waals surface area contributed by atoms with Crippen molar-refractivity contribution in [3.8, 4) is 0 Å². The highest BCUT2D eigenvalue weighted by atomic mass is 32.2. The van der Waals surface area contributed by atoms with E-state index in [1.165, 1.54) is 4.90 Å². The van der Waals surface area contributed by atoms with Crippen molar-refractivity contribution in [1.29, 1.82) is 0 Å². The average molecular weight is 308 g/mol. The van der Waals surface area contributed by atoms with E-state index in [1.807, 2.05) is 30.5 Å². The molecule has 2 rings (SSSR count). The van der Waals surface area contributed by atoms with Gasteiger partial charge in [-0.15, -0.1) is 11.8 Å². The first-order chi connectivity index (χ1) is 10.1. The van der Waals surface area contributed by atoms with Crippen LogP contribution in [0.3, 0.4) is 0 Å². The molecular formula is C16H24N2O2S. The summed E-state index contributed by atoms with van der Waals surface area (Å²) in [6.07, 6.45) is 5.85. The lowest BCUT2D eigenvalue weighted by Gasteiger charge is -2.31. The molecule has 0 bridgehead atoms. The molecule has 2 unspecified atom stereocenters. The van der Waals surface area contributed by atoms with Crippen LogP contribution in [0.4, 0.5) is 10.5 Å². The first kappa shape index (κ1) is 16.2. The molecule has 2 amide bonds. The van der Waals surface area contributed by atoms with Gasteiger partial charge >= 0.3 is 6.03 Å². The summed E-state index contributed by atoms with van der Waals surface area (Å²) in [5.74, 6) is 0.202. The number of hydrogen-bond acceptors (Lipinski definition) is 3. The SMILES string of the molecule is CSc1ccc(NC(=O)N(C)CC2CCCCC2O)cc1. The third-order valence-corrected chi connectivity index (χ3v) is 4.81. The zero-order chi connectivity index (χ0) is 15.2. The van der Waals surface area contributed by atoms with E-state index in [1.54, 1.807) is 23.7 Å². The number of aliphatic hydroxyl groups is 1. The summed E-state index contributed by atoms with van der Waals surface area (Å²) >= 11 is 1.68. The molecule has 1 aliphatic rings. The zero-order valence-electron chi connectivity index (χ0n) is 12.7. The monoisotopic (exact) mass is 308 g/mol. The van der Waals surface area contributed by atoms with E-state index in [0.717, 1.165) is 31.4 Å². The fraction of sp³-hybridized carbons (Fsp3) is 0.562. The molecule has 21 heavy (non-hydrogen) atoms. The number of urea groups is 1. The lowest BCUT2D eigenvalue weighted by molar-refractivity contribution is 0.0575. The Kier molecular flexibility index (Phi) is 5.94. The normalized spacial score (nSPS) is 21.9. The first-order valence-corrected chi connectivity index (χ1v) is 8.67. The minimum atomic E-state index is -0.269. The number of carbonyl (C=O) groups excluding carboxylic acids is 1. The standard InChI is InChI=1S/C16H24N2O2S/c1-18(11-12-5-3-4-6-15(12)19)16(20)17-13-7-9-14(21-2)10-8-13/h7-10,12,15,19H,3-6,11H2,1-2H3,(H,17,20). The lowest BCUT2D eigenvalue weighted by atomic mass is 9.86. The summed E-state index contributed by atoms with van der Waals surface area (Å²) < 4.78 is 0. The fourth-order valence-corrected chi connectivity index (χ4v) is 3.14. The number of carbonyl (C=O) groups is 1. The Morgan fingerprint density at radius 2 is 2.00 bits per heavy atom. The van der Waals surface area contributed by atoms with E-state index in [4.69, 9.17) is 0 Å². The van der Waals surface area contributed by atoms with Gasteiger partial charge in [-0.25, -0.2) is 4.79 Å². The van der Waals surface area contributed by atoms with Gasteiger partial charge in [0.15, 0.2) is 0 Å². The van der Waals surface area contributed by atoms with Gasteiger partial charge in [0, 0.05) is 30.1 Å². The van der Waals surface area contributed by atoms with Crippen LogP contribution in [0.1, 0.15) is 25.7 Å². The van der Waals surface area contributed by atoms with Gasteiger partial charge < -0.3 is 15.3 Å². The summed E-state index contributed by atoms with van der Waals surface area (Å²) in [6, 6.07) is 7.68. The maximum Gasteiger partial charge on any atom is 0.321 e. The topological polar surface area (TPSA) is 52.6 Å². The van der Waals surface area contributed by atoms with Crippen molar-refractivity contribution in [2.24, 2.45) is 5.92 Å². The lowest BCUT2D eigenvalue weighted by Crippen LogP contribution is -2.40. The summed E-state index contributed by atoms with van der Waals surface area (Å²) in [4.78, 5) is 15.0. The van der Waals surface area contributed by atoms with E-state index in [0.29, 0.717) is 6.54 Å². The van der Waals surface area contributed by atoms with Crippen LogP contribution in [-0.4, -0.2) is 42.0 Å². The Morgan fingerprint density at radius 1 is 1.33 bits per heavy atom. The molecular weight excluding hydrogens is 284 g/mol. The van der Waals surface area contributed by atoms with Gasteiger partial charge in [0.2, 0.25) is 0 Å². The Labute approximate surface area is 130 Å². The second-order valence-corrected chi connectivity index (χ2v) is 6.53.